The maximum atomic E-state index is 9.07. The maximum Gasteiger partial charge on any atom is 0.130 e. The molecule has 0 radical (unpaired) electrons. The van der Waals surface area contributed by atoms with Crippen molar-refractivity contribution in [3.63, 3.8) is 0 Å². The van der Waals surface area contributed by atoms with Crippen LogP contribution in [0.3, 0.4) is 0 Å². The molecule has 280 valence electrons. The molecule has 0 fully saturated rings. The molecule has 4 aromatic rings. The number of allylic oxidation sites excluding steroid dienone is 7. The van der Waals surface area contributed by atoms with E-state index >= 15 is 0 Å². The minimum Gasteiger partial charge on any atom is -0.496 e. The van der Waals surface area contributed by atoms with Gasteiger partial charge in [0.05, 0.1) is 35.0 Å². The largest absolute Gasteiger partial charge is 0.496 e. The summed E-state index contributed by atoms with van der Waals surface area (Å²) in [5.74, 6) is 3.75. The Kier molecular flexibility index (Phi) is 17.5. The van der Waals surface area contributed by atoms with Crippen LogP contribution in [0.25, 0.3) is 21.5 Å². The molecular formula is C46H59BrO5. The highest BCUT2D eigenvalue weighted by Gasteiger charge is 2.18. The Bertz CT molecular complexity index is 1770. The zero-order chi connectivity index (χ0) is 38.2. The summed E-state index contributed by atoms with van der Waals surface area (Å²) in [5, 5.41) is 14.4. The number of rotatable bonds is 16. The van der Waals surface area contributed by atoms with Crippen LogP contribution in [0.15, 0.2) is 95.1 Å². The standard InChI is InChI=1S/C23H29BrO2.C23H30O3/c2*1-16(9-8-10-17(2)15-24)13-14-19-18(3)22(25-4)20-11-6-7-12-21(20)23(19)26-5/h6-7,10-13H,8-9,14-15H2,1-5H3;6-7,10-13,24H,8-9,14-15H2,1-5H3/b2*16-13+,17-10+. The SMILES string of the molecule is COc1c(C)c(C/C=C(\C)CC/C=C(\C)CBr)c(OC)c2ccccc12.COc1c(C)c(C/C=C(\C)CC/C=C(\C)CO)c(OC)c2ccccc12. The van der Waals surface area contributed by atoms with Gasteiger partial charge in [0, 0.05) is 38.0 Å². The van der Waals surface area contributed by atoms with Gasteiger partial charge in [-0.3, -0.25) is 0 Å². The monoisotopic (exact) mass is 770 g/mol. The number of halogens is 1. The zero-order valence-electron chi connectivity index (χ0n) is 33.0. The van der Waals surface area contributed by atoms with E-state index in [1.165, 1.54) is 27.8 Å². The first-order valence-corrected chi connectivity index (χ1v) is 19.2. The summed E-state index contributed by atoms with van der Waals surface area (Å²) >= 11 is 3.49. The van der Waals surface area contributed by atoms with Crippen molar-refractivity contribution < 1.29 is 24.1 Å². The van der Waals surface area contributed by atoms with Crippen LogP contribution in [0, 0.1) is 13.8 Å². The molecule has 4 rings (SSSR count). The van der Waals surface area contributed by atoms with Gasteiger partial charge in [-0.2, -0.15) is 0 Å². The highest BCUT2D eigenvalue weighted by molar-refractivity contribution is 9.09. The first-order valence-electron chi connectivity index (χ1n) is 18.1. The molecule has 0 spiro atoms. The summed E-state index contributed by atoms with van der Waals surface area (Å²) in [4.78, 5) is 0. The second kappa shape index (κ2) is 21.5. The molecule has 0 aromatic heterocycles. The predicted octanol–water partition coefficient (Wildman–Crippen LogP) is 12.1. The molecular weight excluding hydrogens is 712 g/mol. The van der Waals surface area contributed by atoms with Crippen molar-refractivity contribution in [2.24, 2.45) is 0 Å². The molecule has 0 saturated carbocycles. The van der Waals surface area contributed by atoms with Gasteiger partial charge in [0.25, 0.3) is 0 Å². The van der Waals surface area contributed by atoms with Crippen LogP contribution in [0.1, 0.15) is 75.6 Å². The molecule has 0 unspecified atom stereocenters. The maximum absolute atomic E-state index is 9.07. The van der Waals surface area contributed by atoms with E-state index in [1.54, 1.807) is 28.4 Å². The van der Waals surface area contributed by atoms with Crippen LogP contribution in [0.2, 0.25) is 0 Å². The lowest BCUT2D eigenvalue weighted by molar-refractivity contribution is 0.331. The molecule has 0 saturated heterocycles. The van der Waals surface area contributed by atoms with Crippen molar-refractivity contribution in [1.29, 1.82) is 0 Å². The van der Waals surface area contributed by atoms with Crippen LogP contribution < -0.4 is 18.9 Å². The minimum atomic E-state index is 0.135. The number of fused-ring (bicyclic) bond motifs is 2. The fourth-order valence-electron chi connectivity index (χ4n) is 6.55. The number of alkyl halides is 1. The molecule has 0 aliphatic carbocycles. The summed E-state index contributed by atoms with van der Waals surface area (Å²) in [6.45, 7) is 12.8. The lowest BCUT2D eigenvalue weighted by Crippen LogP contribution is -2.00. The summed E-state index contributed by atoms with van der Waals surface area (Å²) < 4.78 is 23.0. The number of methoxy groups -OCH3 is 4. The molecule has 1 N–H and O–H groups in total. The number of benzene rings is 4. The van der Waals surface area contributed by atoms with Crippen LogP contribution in [-0.2, 0) is 12.8 Å². The first-order chi connectivity index (χ1) is 25.1. The molecule has 0 aliphatic heterocycles. The molecule has 0 heterocycles. The Morgan fingerprint density at radius 3 is 1.21 bits per heavy atom. The fourth-order valence-corrected chi connectivity index (χ4v) is 6.78. The average molecular weight is 772 g/mol. The molecule has 0 atom stereocenters. The molecule has 5 nitrogen and oxygen atoms in total. The summed E-state index contributed by atoms with van der Waals surface area (Å²) in [6.07, 6.45) is 14.7. The van der Waals surface area contributed by atoms with Crippen LogP contribution >= 0.6 is 15.9 Å². The topological polar surface area (TPSA) is 57.2 Å². The Labute approximate surface area is 321 Å². The van der Waals surface area contributed by atoms with Crippen molar-refractivity contribution >= 4 is 37.5 Å². The van der Waals surface area contributed by atoms with E-state index in [0.29, 0.717) is 0 Å². The third-order valence-corrected chi connectivity index (χ3v) is 10.5. The number of aliphatic hydroxyl groups is 1. The second-order valence-corrected chi connectivity index (χ2v) is 14.0. The quantitative estimate of drug-likeness (QED) is 0.0908. The van der Waals surface area contributed by atoms with Crippen molar-refractivity contribution in [2.75, 3.05) is 40.4 Å². The van der Waals surface area contributed by atoms with Crippen LogP contribution in [0.5, 0.6) is 23.0 Å². The van der Waals surface area contributed by atoms with E-state index in [4.69, 9.17) is 24.1 Å². The molecule has 0 aliphatic rings. The van der Waals surface area contributed by atoms with Gasteiger partial charge in [0.2, 0.25) is 0 Å². The van der Waals surface area contributed by atoms with Crippen molar-refractivity contribution in [2.45, 2.75) is 80.1 Å². The average Bonchev–Trinajstić information content (AvgIpc) is 3.16. The molecule has 4 aromatic carbocycles. The van der Waals surface area contributed by atoms with Crippen molar-refractivity contribution in [3.8, 4) is 23.0 Å². The fraction of sp³-hybridized carbons (Fsp3) is 0.391. The predicted molar refractivity (Wildman–Crippen MR) is 225 cm³/mol. The van der Waals surface area contributed by atoms with Gasteiger partial charge in [-0.25, -0.2) is 0 Å². The van der Waals surface area contributed by atoms with Crippen molar-refractivity contribution in [3.05, 3.63) is 117 Å². The number of hydrogen-bond acceptors (Lipinski definition) is 5. The normalized spacial score (nSPS) is 12.5. The first kappa shape index (κ1) is 42.4. The summed E-state index contributed by atoms with van der Waals surface area (Å²) in [7, 11) is 6.95. The minimum absolute atomic E-state index is 0.135. The Hall–Kier alpha value is -4.00. The van der Waals surface area contributed by atoms with E-state index in [1.807, 2.05) is 31.2 Å². The Morgan fingerprint density at radius 2 is 0.885 bits per heavy atom. The highest BCUT2D eigenvalue weighted by atomic mass is 79.9. The second-order valence-electron chi connectivity index (χ2n) is 13.4. The lowest BCUT2D eigenvalue weighted by Gasteiger charge is -2.18. The summed E-state index contributed by atoms with van der Waals surface area (Å²) in [6, 6.07) is 16.5. The van der Waals surface area contributed by atoms with E-state index in [9.17, 15) is 0 Å². The zero-order valence-corrected chi connectivity index (χ0v) is 34.6. The lowest BCUT2D eigenvalue weighted by atomic mass is 9.95. The van der Waals surface area contributed by atoms with Crippen LogP contribution in [0.4, 0.5) is 0 Å². The number of aliphatic hydroxyl groups excluding tert-OH is 1. The Balaban J connectivity index is 0.000000280. The highest BCUT2D eigenvalue weighted by Crippen LogP contribution is 2.42. The van der Waals surface area contributed by atoms with E-state index in [2.05, 4.69) is 99.1 Å². The van der Waals surface area contributed by atoms with Gasteiger partial charge in [0.1, 0.15) is 23.0 Å². The van der Waals surface area contributed by atoms with Gasteiger partial charge in [-0.05, 0) is 91.2 Å². The van der Waals surface area contributed by atoms with Gasteiger partial charge in [0.15, 0.2) is 0 Å². The van der Waals surface area contributed by atoms with Gasteiger partial charge in [-0.15, -0.1) is 0 Å². The molecule has 52 heavy (non-hydrogen) atoms. The number of ether oxygens (including phenoxy) is 4. The Morgan fingerprint density at radius 1 is 0.538 bits per heavy atom. The van der Waals surface area contributed by atoms with Gasteiger partial charge < -0.3 is 24.1 Å². The summed E-state index contributed by atoms with van der Waals surface area (Å²) in [5.41, 5.74) is 9.80. The van der Waals surface area contributed by atoms with Crippen molar-refractivity contribution in [1.82, 2.24) is 0 Å². The van der Waals surface area contributed by atoms with E-state index in [-0.39, 0.29) is 6.61 Å². The van der Waals surface area contributed by atoms with Gasteiger partial charge >= 0.3 is 0 Å². The third-order valence-electron chi connectivity index (χ3n) is 9.62. The number of hydrogen-bond donors (Lipinski definition) is 1. The van der Waals surface area contributed by atoms with E-state index < -0.39 is 0 Å². The third kappa shape index (κ3) is 11.0. The van der Waals surface area contributed by atoms with Crippen LogP contribution in [-0.4, -0.2) is 45.5 Å². The van der Waals surface area contributed by atoms with E-state index in [0.717, 1.165) is 105 Å². The van der Waals surface area contributed by atoms with Gasteiger partial charge in [-0.1, -0.05) is 111 Å². The molecule has 0 amide bonds. The smallest absolute Gasteiger partial charge is 0.130 e. The molecule has 0 bridgehead atoms. The molecule has 6 heteroatoms.